The molecule has 1 saturated heterocycles. The van der Waals surface area contributed by atoms with Gasteiger partial charge in [-0.25, -0.2) is 4.39 Å². The van der Waals surface area contributed by atoms with Crippen LogP contribution in [0.2, 0.25) is 0 Å². The average molecular weight is 223 g/mol. The summed E-state index contributed by atoms with van der Waals surface area (Å²) >= 11 is 0. The number of benzene rings is 1. The molecular weight excluding hydrogens is 205 g/mol. The van der Waals surface area contributed by atoms with Gasteiger partial charge < -0.3 is 10.1 Å². The maximum Gasteiger partial charge on any atom is 0.128 e. The number of rotatable bonds is 4. The molecule has 1 aromatic rings. The molecule has 0 bridgehead atoms. The summed E-state index contributed by atoms with van der Waals surface area (Å²) in [6.07, 6.45) is 2.43. The lowest BCUT2D eigenvalue weighted by atomic mass is 10.0. The molecule has 1 heterocycles. The maximum atomic E-state index is 13.3. The van der Waals surface area contributed by atoms with Gasteiger partial charge in [0.1, 0.15) is 5.82 Å². The number of ether oxygens (including phenoxy) is 1. The summed E-state index contributed by atoms with van der Waals surface area (Å²) in [5, 5.41) is 3.34. The number of nitrogens with one attached hydrogen (secondary N) is 1. The van der Waals surface area contributed by atoms with Gasteiger partial charge in [0.25, 0.3) is 0 Å². The molecule has 88 valence electrons. The lowest BCUT2D eigenvalue weighted by molar-refractivity contribution is 0.0766. The van der Waals surface area contributed by atoms with Gasteiger partial charge in [-0.1, -0.05) is 18.2 Å². The van der Waals surface area contributed by atoms with Crippen molar-refractivity contribution in [3.8, 4) is 0 Å². The Morgan fingerprint density at radius 1 is 1.38 bits per heavy atom. The minimum absolute atomic E-state index is 0.177. The lowest BCUT2D eigenvalue weighted by Crippen LogP contribution is -2.32. The third kappa shape index (κ3) is 3.29. The summed E-state index contributed by atoms with van der Waals surface area (Å²) < 4.78 is 18.8. The topological polar surface area (TPSA) is 21.3 Å². The second kappa shape index (κ2) is 5.97. The molecule has 0 radical (unpaired) electrons. The average Bonchev–Trinajstić information content (AvgIpc) is 2.33. The zero-order valence-corrected chi connectivity index (χ0v) is 9.42. The van der Waals surface area contributed by atoms with E-state index in [2.05, 4.69) is 5.32 Å². The number of piperidine rings is 1. The fraction of sp³-hybridized carbons (Fsp3) is 0.538. The molecule has 0 spiro atoms. The first kappa shape index (κ1) is 11.6. The molecule has 1 aromatic carbocycles. The summed E-state index contributed by atoms with van der Waals surface area (Å²) in [5.41, 5.74) is 0.645. The quantitative estimate of drug-likeness (QED) is 0.846. The first-order chi connectivity index (χ1) is 7.86. The van der Waals surface area contributed by atoms with Gasteiger partial charge in [0.2, 0.25) is 0 Å². The van der Waals surface area contributed by atoms with E-state index in [-0.39, 0.29) is 5.82 Å². The van der Waals surface area contributed by atoms with Gasteiger partial charge >= 0.3 is 0 Å². The van der Waals surface area contributed by atoms with E-state index in [9.17, 15) is 4.39 Å². The van der Waals surface area contributed by atoms with Crippen LogP contribution in [0.5, 0.6) is 0 Å². The van der Waals surface area contributed by atoms with Gasteiger partial charge in [-0.2, -0.15) is 0 Å². The fourth-order valence-electron chi connectivity index (χ4n) is 2.02. The first-order valence-electron chi connectivity index (χ1n) is 5.88. The Kier molecular flexibility index (Phi) is 4.31. The van der Waals surface area contributed by atoms with Crippen LogP contribution >= 0.6 is 0 Å². The molecule has 16 heavy (non-hydrogen) atoms. The van der Waals surface area contributed by atoms with Gasteiger partial charge in [0.15, 0.2) is 0 Å². The molecule has 1 atom stereocenters. The molecular formula is C13H18FNO. The van der Waals surface area contributed by atoms with Crippen LogP contribution in [0, 0.1) is 11.7 Å². The van der Waals surface area contributed by atoms with Crippen LogP contribution < -0.4 is 5.32 Å². The van der Waals surface area contributed by atoms with E-state index < -0.39 is 0 Å². The van der Waals surface area contributed by atoms with Gasteiger partial charge in [0, 0.05) is 12.1 Å². The van der Waals surface area contributed by atoms with Crippen LogP contribution in [-0.2, 0) is 11.3 Å². The maximum absolute atomic E-state index is 13.3. The molecule has 0 aromatic heterocycles. The molecule has 2 nitrogen and oxygen atoms in total. The minimum Gasteiger partial charge on any atom is -0.376 e. The van der Waals surface area contributed by atoms with Gasteiger partial charge in [-0.3, -0.25) is 0 Å². The number of halogens is 1. The second-order valence-corrected chi connectivity index (χ2v) is 4.32. The monoisotopic (exact) mass is 223 g/mol. The van der Waals surface area contributed by atoms with E-state index in [0.717, 1.165) is 19.7 Å². The summed E-state index contributed by atoms with van der Waals surface area (Å²) in [7, 11) is 0. The predicted molar refractivity (Wildman–Crippen MR) is 61.6 cm³/mol. The van der Waals surface area contributed by atoms with E-state index in [0.29, 0.717) is 18.1 Å². The zero-order chi connectivity index (χ0) is 11.2. The van der Waals surface area contributed by atoms with Crippen LogP contribution in [0.3, 0.4) is 0 Å². The molecule has 0 unspecified atom stereocenters. The SMILES string of the molecule is Fc1ccccc1COC[C@@H]1CCCNC1. The highest BCUT2D eigenvalue weighted by Crippen LogP contribution is 2.12. The van der Waals surface area contributed by atoms with Crippen molar-refractivity contribution in [1.82, 2.24) is 5.32 Å². The van der Waals surface area contributed by atoms with Crippen molar-refractivity contribution >= 4 is 0 Å². The van der Waals surface area contributed by atoms with Crippen LogP contribution in [0.1, 0.15) is 18.4 Å². The van der Waals surface area contributed by atoms with Crippen LogP contribution in [0.4, 0.5) is 4.39 Å². The molecule has 0 aliphatic carbocycles. The van der Waals surface area contributed by atoms with Crippen molar-refractivity contribution in [1.29, 1.82) is 0 Å². The van der Waals surface area contributed by atoms with Gasteiger partial charge in [0.05, 0.1) is 13.2 Å². The van der Waals surface area contributed by atoms with Crippen molar-refractivity contribution in [2.24, 2.45) is 5.92 Å². The third-order valence-electron chi connectivity index (χ3n) is 2.97. The van der Waals surface area contributed by atoms with Crippen LogP contribution in [0.15, 0.2) is 24.3 Å². The number of hydrogen-bond acceptors (Lipinski definition) is 2. The molecule has 1 aliphatic heterocycles. The van der Waals surface area contributed by atoms with E-state index in [1.165, 1.54) is 18.9 Å². The Morgan fingerprint density at radius 2 is 2.25 bits per heavy atom. The molecule has 1 N–H and O–H groups in total. The first-order valence-corrected chi connectivity index (χ1v) is 5.88. The van der Waals surface area contributed by atoms with Crippen molar-refractivity contribution in [2.75, 3.05) is 19.7 Å². The Morgan fingerprint density at radius 3 is 3.00 bits per heavy atom. The molecule has 1 fully saturated rings. The van der Waals surface area contributed by atoms with E-state index in [1.54, 1.807) is 12.1 Å². The highest BCUT2D eigenvalue weighted by atomic mass is 19.1. The summed E-state index contributed by atoms with van der Waals surface area (Å²) in [6, 6.07) is 6.78. The van der Waals surface area contributed by atoms with E-state index >= 15 is 0 Å². The molecule has 3 heteroatoms. The normalized spacial score (nSPS) is 20.9. The van der Waals surface area contributed by atoms with Gasteiger partial charge in [-0.15, -0.1) is 0 Å². The highest BCUT2D eigenvalue weighted by molar-refractivity contribution is 5.16. The molecule has 0 amide bonds. The Hall–Kier alpha value is -0.930. The smallest absolute Gasteiger partial charge is 0.128 e. The summed E-state index contributed by atoms with van der Waals surface area (Å²) in [6.45, 7) is 3.24. The fourth-order valence-corrected chi connectivity index (χ4v) is 2.02. The minimum atomic E-state index is -0.177. The molecule has 0 saturated carbocycles. The molecule has 2 rings (SSSR count). The lowest BCUT2D eigenvalue weighted by Gasteiger charge is -2.22. The van der Waals surface area contributed by atoms with E-state index in [4.69, 9.17) is 4.74 Å². The van der Waals surface area contributed by atoms with Crippen molar-refractivity contribution in [2.45, 2.75) is 19.4 Å². The van der Waals surface area contributed by atoms with Crippen LogP contribution in [0.25, 0.3) is 0 Å². The third-order valence-corrected chi connectivity index (χ3v) is 2.97. The predicted octanol–water partition coefficient (Wildman–Crippen LogP) is 2.34. The van der Waals surface area contributed by atoms with E-state index in [1.807, 2.05) is 6.07 Å². The Balaban J connectivity index is 1.73. The van der Waals surface area contributed by atoms with Crippen molar-refractivity contribution < 1.29 is 9.13 Å². The second-order valence-electron chi connectivity index (χ2n) is 4.32. The highest BCUT2D eigenvalue weighted by Gasteiger charge is 2.12. The Labute approximate surface area is 95.8 Å². The summed E-state index contributed by atoms with van der Waals surface area (Å²) in [4.78, 5) is 0. The van der Waals surface area contributed by atoms with Crippen molar-refractivity contribution in [3.05, 3.63) is 35.6 Å². The van der Waals surface area contributed by atoms with Gasteiger partial charge in [-0.05, 0) is 31.4 Å². The number of hydrogen-bond donors (Lipinski definition) is 1. The standard InChI is InChI=1S/C13H18FNO/c14-13-6-2-1-5-12(13)10-16-9-11-4-3-7-15-8-11/h1-2,5-6,11,15H,3-4,7-10H2/t11-/m1/s1. The largest absolute Gasteiger partial charge is 0.376 e. The molecule has 1 aliphatic rings. The van der Waals surface area contributed by atoms with Crippen molar-refractivity contribution in [3.63, 3.8) is 0 Å². The summed E-state index contributed by atoms with van der Waals surface area (Å²) in [5.74, 6) is 0.407. The van der Waals surface area contributed by atoms with Crippen LogP contribution in [-0.4, -0.2) is 19.7 Å². The Bertz CT molecular complexity index is 323. The zero-order valence-electron chi connectivity index (χ0n) is 9.42.